The Hall–Kier alpha value is -1.86. The highest BCUT2D eigenvalue weighted by Crippen LogP contribution is 2.36. The highest BCUT2D eigenvalue weighted by atomic mass is 35.5. The molecule has 0 amide bonds. The van der Waals surface area contributed by atoms with Gasteiger partial charge in [0, 0.05) is 23.8 Å². The molecule has 7 heteroatoms. The van der Waals surface area contributed by atoms with Gasteiger partial charge in [-0.2, -0.15) is 0 Å². The first kappa shape index (κ1) is 23.4. The number of rotatable bonds is 11. The van der Waals surface area contributed by atoms with Crippen LogP contribution in [-0.2, 0) is 4.79 Å². The van der Waals surface area contributed by atoms with Crippen LogP contribution < -0.4 is 4.74 Å². The molecule has 2 rings (SSSR count). The molecule has 0 radical (unpaired) electrons. The minimum atomic E-state index is -0.855. The number of benzene rings is 1. The average Bonchev–Trinajstić information content (AvgIpc) is 2.93. The Morgan fingerprint density at radius 1 is 1.28 bits per heavy atom. The average molecular weight is 425 g/mol. The minimum absolute atomic E-state index is 0.0519. The van der Waals surface area contributed by atoms with Gasteiger partial charge in [-0.05, 0) is 43.4 Å². The number of carboxylic acids is 1. The maximum absolute atomic E-state index is 10.5. The second kappa shape index (κ2) is 12.0. The summed E-state index contributed by atoms with van der Waals surface area (Å²) in [6, 6.07) is 6.90. The van der Waals surface area contributed by atoms with Crippen LogP contribution in [0, 0.1) is 11.8 Å². The summed E-state index contributed by atoms with van der Waals surface area (Å²) >= 11 is 5.90. The number of ether oxygens (including phenoxy) is 1. The first-order valence-corrected chi connectivity index (χ1v) is 10.2. The molecule has 1 aliphatic rings. The molecule has 5 atom stereocenters. The molecule has 1 aliphatic carbocycles. The number of allylic oxidation sites excluding steroid dienone is 2. The maximum atomic E-state index is 10.5. The van der Waals surface area contributed by atoms with Gasteiger partial charge in [-0.3, -0.25) is 4.79 Å². The fourth-order valence-electron chi connectivity index (χ4n) is 3.50. The van der Waals surface area contributed by atoms with Gasteiger partial charge in [-0.25, -0.2) is 0 Å². The van der Waals surface area contributed by atoms with Crippen molar-refractivity contribution in [2.45, 2.75) is 50.4 Å². The zero-order valence-electron chi connectivity index (χ0n) is 16.2. The van der Waals surface area contributed by atoms with E-state index in [1.165, 1.54) is 0 Å². The lowest BCUT2D eigenvalue weighted by atomic mass is 9.89. The van der Waals surface area contributed by atoms with Crippen molar-refractivity contribution >= 4 is 17.6 Å². The molecule has 1 aromatic rings. The zero-order chi connectivity index (χ0) is 21.2. The SMILES string of the molecule is O=C(O)CCC/C=C/C[C@@H]1[C@@H](/C=C\[C@@H](O)COc2cccc(Cl)c2)[C@@H](O)C[C@H]1O. The summed E-state index contributed by atoms with van der Waals surface area (Å²) in [6.07, 6.45) is 7.26. The number of hydrogen-bond donors (Lipinski definition) is 4. The van der Waals surface area contributed by atoms with Crippen molar-refractivity contribution in [3.63, 3.8) is 0 Å². The van der Waals surface area contributed by atoms with E-state index in [4.69, 9.17) is 21.4 Å². The van der Waals surface area contributed by atoms with Crippen LogP contribution in [0.2, 0.25) is 5.02 Å². The van der Waals surface area contributed by atoms with E-state index in [9.17, 15) is 20.1 Å². The topological polar surface area (TPSA) is 107 Å². The number of carboxylic acid groups (broad SMARTS) is 1. The number of hydrogen-bond acceptors (Lipinski definition) is 5. The lowest BCUT2D eigenvalue weighted by Gasteiger charge is -2.19. The molecule has 6 nitrogen and oxygen atoms in total. The third kappa shape index (κ3) is 8.19. The van der Waals surface area contributed by atoms with E-state index < -0.39 is 24.3 Å². The van der Waals surface area contributed by atoms with E-state index in [0.717, 1.165) is 0 Å². The van der Waals surface area contributed by atoms with Gasteiger partial charge in [0.1, 0.15) is 18.5 Å². The van der Waals surface area contributed by atoms with Crippen LogP contribution in [-0.4, -0.2) is 51.3 Å². The van der Waals surface area contributed by atoms with Crippen LogP contribution in [0.3, 0.4) is 0 Å². The molecule has 0 saturated heterocycles. The summed E-state index contributed by atoms with van der Waals surface area (Å²) in [5, 5.41) is 39.8. The molecule has 4 N–H and O–H groups in total. The predicted octanol–water partition coefficient (Wildman–Crippen LogP) is 3.20. The lowest BCUT2D eigenvalue weighted by Crippen LogP contribution is -2.21. The normalized spacial score (nSPS) is 25.7. The predicted molar refractivity (Wildman–Crippen MR) is 111 cm³/mol. The molecule has 0 bridgehead atoms. The van der Waals surface area contributed by atoms with Crippen LogP contribution in [0.25, 0.3) is 0 Å². The molecule has 29 heavy (non-hydrogen) atoms. The monoisotopic (exact) mass is 424 g/mol. The zero-order valence-corrected chi connectivity index (χ0v) is 17.0. The molecular weight excluding hydrogens is 396 g/mol. The van der Waals surface area contributed by atoms with E-state index in [1.54, 1.807) is 36.4 Å². The quantitative estimate of drug-likeness (QED) is 0.321. The van der Waals surface area contributed by atoms with Crippen molar-refractivity contribution in [2.24, 2.45) is 11.8 Å². The van der Waals surface area contributed by atoms with Crippen molar-refractivity contribution in [3.8, 4) is 5.75 Å². The second-order valence-corrected chi connectivity index (χ2v) is 7.76. The Labute approximate surface area is 176 Å². The Bertz CT molecular complexity index is 704. The maximum Gasteiger partial charge on any atom is 0.303 e. The van der Waals surface area contributed by atoms with Gasteiger partial charge in [0.05, 0.1) is 12.2 Å². The van der Waals surface area contributed by atoms with Gasteiger partial charge < -0.3 is 25.2 Å². The number of halogens is 1. The fraction of sp³-hybridized carbons (Fsp3) is 0.500. The van der Waals surface area contributed by atoms with Gasteiger partial charge in [0.25, 0.3) is 0 Å². The summed E-state index contributed by atoms with van der Waals surface area (Å²) in [6.45, 7) is 0.0519. The summed E-state index contributed by atoms with van der Waals surface area (Å²) in [5.41, 5.74) is 0. The van der Waals surface area contributed by atoms with Crippen molar-refractivity contribution in [3.05, 3.63) is 53.6 Å². The number of unbranched alkanes of at least 4 members (excludes halogenated alkanes) is 1. The molecular formula is C22H29ClO6. The molecule has 1 fully saturated rings. The second-order valence-electron chi connectivity index (χ2n) is 7.33. The molecule has 1 saturated carbocycles. The highest BCUT2D eigenvalue weighted by Gasteiger charge is 2.39. The van der Waals surface area contributed by atoms with Crippen LogP contribution in [0.4, 0.5) is 0 Å². The third-order valence-corrected chi connectivity index (χ3v) is 5.26. The van der Waals surface area contributed by atoms with Crippen LogP contribution in [0.15, 0.2) is 48.6 Å². The first-order valence-electron chi connectivity index (χ1n) is 9.84. The fourth-order valence-corrected chi connectivity index (χ4v) is 3.68. The molecule has 0 spiro atoms. The number of carbonyl (C=O) groups is 1. The van der Waals surface area contributed by atoms with E-state index in [2.05, 4.69) is 0 Å². The number of aliphatic carboxylic acids is 1. The van der Waals surface area contributed by atoms with Gasteiger partial charge in [0.15, 0.2) is 0 Å². The molecule has 0 aromatic heterocycles. The Morgan fingerprint density at radius 2 is 2.07 bits per heavy atom. The molecule has 0 unspecified atom stereocenters. The number of aliphatic hydroxyl groups is 3. The third-order valence-electron chi connectivity index (χ3n) is 5.02. The summed E-state index contributed by atoms with van der Waals surface area (Å²) in [4.78, 5) is 10.5. The summed E-state index contributed by atoms with van der Waals surface area (Å²) in [7, 11) is 0. The summed E-state index contributed by atoms with van der Waals surface area (Å²) in [5.74, 6) is -0.671. The molecule has 0 heterocycles. The van der Waals surface area contributed by atoms with Crippen LogP contribution in [0.1, 0.15) is 32.1 Å². The van der Waals surface area contributed by atoms with E-state index >= 15 is 0 Å². The van der Waals surface area contributed by atoms with Gasteiger partial charge in [0.2, 0.25) is 0 Å². The Balaban J connectivity index is 1.83. The Morgan fingerprint density at radius 3 is 2.79 bits per heavy atom. The largest absolute Gasteiger partial charge is 0.491 e. The van der Waals surface area contributed by atoms with Crippen LogP contribution in [0.5, 0.6) is 5.75 Å². The molecule has 160 valence electrons. The summed E-state index contributed by atoms with van der Waals surface area (Å²) < 4.78 is 5.51. The lowest BCUT2D eigenvalue weighted by molar-refractivity contribution is -0.137. The van der Waals surface area contributed by atoms with Crippen molar-refractivity contribution in [2.75, 3.05) is 6.61 Å². The van der Waals surface area contributed by atoms with E-state index in [-0.39, 0.29) is 24.9 Å². The molecule has 1 aromatic carbocycles. The van der Waals surface area contributed by atoms with Crippen molar-refractivity contribution < 1.29 is 30.0 Å². The molecule has 0 aliphatic heterocycles. The van der Waals surface area contributed by atoms with Crippen LogP contribution >= 0.6 is 11.6 Å². The highest BCUT2D eigenvalue weighted by molar-refractivity contribution is 6.30. The van der Waals surface area contributed by atoms with Gasteiger partial charge in [-0.15, -0.1) is 0 Å². The number of aliphatic hydroxyl groups excluding tert-OH is 3. The van der Waals surface area contributed by atoms with Crippen molar-refractivity contribution in [1.29, 1.82) is 0 Å². The van der Waals surface area contributed by atoms with Crippen molar-refractivity contribution in [1.82, 2.24) is 0 Å². The minimum Gasteiger partial charge on any atom is -0.491 e. The first-order chi connectivity index (χ1) is 13.9. The van der Waals surface area contributed by atoms with E-state index in [1.807, 2.05) is 12.2 Å². The van der Waals surface area contributed by atoms with Gasteiger partial charge in [-0.1, -0.05) is 42.0 Å². The Kier molecular flexibility index (Phi) is 9.67. The van der Waals surface area contributed by atoms with E-state index in [0.29, 0.717) is 36.5 Å². The van der Waals surface area contributed by atoms with Gasteiger partial charge >= 0.3 is 5.97 Å². The standard InChI is InChI=1S/C22H29ClO6/c23-15-6-5-7-17(12-15)29-14-16(24)10-11-19-18(20(25)13-21(19)26)8-3-1-2-4-9-22(27)28/h1,3,5-7,10-12,16,18-21,24-26H,2,4,8-9,13-14H2,(H,27,28)/b3-1+,11-10-/t16-,18-,19-,20-,21+/m1/s1. The smallest absolute Gasteiger partial charge is 0.303 e.